The second kappa shape index (κ2) is 8.90. The van der Waals surface area contributed by atoms with Gasteiger partial charge in [0.25, 0.3) is 5.91 Å². The van der Waals surface area contributed by atoms with Crippen LogP contribution in [-0.4, -0.2) is 30.4 Å². The summed E-state index contributed by atoms with van der Waals surface area (Å²) in [4.78, 5) is 16.8. The minimum atomic E-state index is -0.163. The number of halogens is 1. The largest absolute Gasteiger partial charge is 0.451 e. The van der Waals surface area contributed by atoms with Gasteiger partial charge in [0.2, 0.25) is 0 Å². The topological polar surface area (TPSA) is 45.5 Å². The second-order valence-corrected chi connectivity index (χ2v) is 9.23. The van der Waals surface area contributed by atoms with Gasteiger partial charge >= 0.3 is 0 Å². The number of carbonyl (C=O) groups excluding carboxylic acids is 1. The average Bonchev–Trinajstić information content (AvgIpc) is 3.24. The average molecular weight is 431 g/mol. The fourth-order valence-corrected chi connectivity index (χ4v) is 5.15. The van der Waals surface area contributed by atoms with Gasteiger partial charge in [-0.05, 0) is 68.9 Å². The van der Waals surface area contributed by atoms with Gasteiger partial charge in [0.05, 0.1) is 6.04 Å². The predicted octanol–water partition coefficient (Wildman–Crippen LogP) is 6.11. The SMILES string of the molecule is Cc1cc2oc(C(=O)NC[C@H](c3cccs3)N3CCCCCC3)c(C)c2cc1Cl. The van der Waals surface area contributed by atoms with E-state index in [1.807, 2.05) is 26.0 Å². The molecule has 3 aromatic rings. The van der Waals surface area contributed by atoms with Crippen molar-refractivity contribution in [2.45, 2.75) is 45.6 Å². The van der Waals surface area contributed by atoms with Crippen molar-refractivity contribution in [1.29, 1.82) is 0 Å². The molecule has 29 heavy (non-hydrogen) atoms. The van der Waals surface area contributed by atoms with E-state index in [2.05, 4.69) is 27.7 Å². The fraction of sp³-hybridized carbons (Fsp3) is 0.435. The summed E-state index contributed by atoms with van der Waals surface area (Å²) in [6.07, 6.45) is 5.03. The van der Waals surface area contributed by atoms with Gasteiger partial charge in [-0.25, -0.2) is 0 Å². The molecule has 0 radical (unpaired) electrons. The minimum Gasteiger partial charge on any atom is -0.451 e. The zero-order valence-electron chi connectivity index (χ0n) is 17.0. The van der Waals surface area contributed by atoms with E-state index in [4.69, 9.17) is 16.0 Å². The molecular weight excluding hydrogens is 404 g/mol. The molecule has 1 amide bonds. The van der Waals surface area contributed by atoms with Gasteiger partial charge in [-0.2, -0.15) is 0 Å². The predicted molar refractivity (Wildman–Crippen MR) is 120 cm³/mol. The number of hydrogen-bond acceptors (Lipinski definition) is 4. The van der Waals surface area contributed by atoms with Crippen LogP contribution in [0.1, 0.15) is 58.3 Å². The molecule has 154 valence electrons. The Kier molecular flexibility index (Phi) is 6.28. The van der Waals surface area contributed by atoms with Gasteiger partial charge < -0.3 is 9.73 Å². The number of fused-ring (bicyclic) bond motifs is 1. The first-order valence-electron chi connectivity index (χ1n) is 10.3. The first kappa shape index (κ1) is 20.5. The quantitative estimate of drug-likeness (QED) is 0.531. The number of hydrogen-bond donors (Lipinski definition) is 1. The van der Waals surface area contributed by atoms with E-state index >= 15 is 0 Å². The molecule has 1 aliphatic heterocycles. The lowest BCUT2D eigenvalue weighted by Gasteiger charge is -2.30. The van der Waals surface area contributed by atoms with Crippen LogP contribution in [-0.2, 0) is 0 Å². The van der Waals surface area contributed by atoms with Crippen molar-refractivity contribution in [3.05, 3.63) is 56.4 Å². The highest BCUT2D eigenvalue weighted by atomic mass is 35.5. The van der Waals surface area contributed by atoms with E-state index in [-0.39, 0.29) is 11.9 Å². The number of furan rings is 1. The Morgan fingerprint density at radius 2 is 2.00 bits per heavy atom. The Labute approximate surface area is 180 Å². The summed E-state index contributed by atoms with van der Waals surface area (Å²) >= 11 is 8.02. The van der Waals surface area contributed by atoms with Crippen LogP contribution in [0.15, 0.2) is 34.1 Å². The molecule has 1 atom stereocenters. The van der Waals surface area contributed by atoms with E-state index in [0.29, 0.717) is 22.9 Å². The normalized spacial score (nSPS) is 16.7. The lowest BCUT2D eigenvalue weighted by molar-refractivity contribution is 0.0907. The Balaban J connectivity index is 1.53. The summed E-state index contributed by atoms with van der Waals surface area (Å²) in [5, 5.41) is 6.83. The van der Waals surface area contributed by atoms with Gasteiger partial charge in [-0.3, -0.25) is 9.69 Å². The third kappa shape index (κ3) is 4.37. The van der Waals surface area contributed by atoms with E-state index in [0.717, 1.165) is 29.6 Å². The van der Waals surface area contributed by atoms with Crippen LogP contribution < -0.4 is 5.32 Å². The van der Waals surface area contributed by atoms with E-state index < -0.39 is 0 Å². The molecule has 0 saturated carbocycles. The van der Waals surface area contributed by atoms with Crippen LogP contribution in [0, 0.1) is 13.8 Å². The van der Waals surface area contributed by atoms with Crippen LogP contribution in [0.5, 0.6) is 0 Å². The maximum Gasteiger partial charge on any atom is 0.287 e. The summed E-state index contributed by atoms with van der Waals surface area (Å²) in [6, 6.07) is 8.24. The standard InChI is InChI=1S/C23H27ClN2O2S/c1-15-12-20-17(13-18(15)24)16(2)22(28-20)23(27)25-14-19(21-8-7-11-29-21)26-9-5-3-4-6-10-26/h7-8,11-13,19H,3-6,9-10,14H2,1-2H3,(H,25,27)/t19-/m1/s1. The molecule has 1 aromatic carbocycles. The van der Waals surface area contributed by atoms with Crippen molar-refractivity contribution in [1.82, 2.24) is 10.2 Å². The van der Waals surface area contributed by atoms with Crippen molar-refractivity contribution in [3.8, 4) is 0 Å². The van der Waals surface area contributed by atoms with Gasteiger partial charge in [0.15, 0.2) is 5.76 Å². The Hall–Kier alpha value is -1.82. The molecular formula is C23H27ClN2O2S. The summed E-state index contributed by atoms with van der Waals surface area (Å²) in [6.45, 7) is 6.60. The van der Waals surface area contributed by atoms with E-state index in [9.17, 15) is 4.79 Å². The van der Waals surface area contributed by atoms with Crippen LogP contribution in [0.2, 0.25) is 5.02 Å². The molecule has 4 nitrogen and oxygen atoms in total. The van der Waals surface area contributed by atoms with Crippen molar-refractivity contribution in [2.24, 2.45) is 0 Å². The Morgan fingerprint density at radius 3 is 2.69 bits per heavy atom. The monoisotopic (exact) mass is 430 g/mol. The smallest absolute Gasteiger partial charge is 0.287 e. The lowest BCUT2D eigenvalue weighted by atomic mass is 10.1. The first-order valence-corrected chi connectivity index (χ1v) is 11.5. The first-order chi connectivity index (χ1) is 14.0. The number of thiophene rings is 1. The molecule has 4 rings (SSSR count). The van der Waals surface area contributed by atoms with Crippen molar-refractivity contribution in [2.75, 3.05) is 19.6 Å². The summed E-state index contributed by atoms with van der Waals surface area (Å²) < 4.78 is 5.90. The molecule has 1 N–H and O–H groups in total. The lowest BCUT2D eigenvalue weighted by Crippen LogP contribution is -2.38. The van der Waals surface area contributed by atoms with E-state index in [1.54, 1.807) is 11.3 Å². The molecule has 0 bridgehead atoms. The maximum atomic E-state index is 13.0. The Bertz CT molecular complexity index is 988. The summed E-state index contributed by atoms with van der Waals surface area (Å²) in [5.74, 6) is 0.214. The molecule has 2 aromatic heterocycles. The van der Waals surface area contributed by atoms with Crippen LogP contribution in [0.4, 0.5) is 0 Å². The summed E-state index contributed by atoms with van der Waals surface area (Å²) in [7, 11) is 0. The molecule has 0 aliphatic carbocycles. The number of carbonyl (C=O) groups is 1. The highest BCUT2D eigenvalue weighted by Gasteiger charge is 2.25. The third-order valence-corrected chi connectivity index (χ3v) is 7.21. The number of rotatable bonds is 5. The van der Waals surface area contributed by atoms with Gasteiger partial charge in [-0.15, -0.1) is 11.3 Å². The van der Waals surface area contributed by atoms with Crippen LogP contribution in [0.25, 0.3) is 11.0 Å². The molecule has 1 fully saturated rings. The van der Waals surface area contributed by atoms with Crippen molar-refractivity contribution < 1.29 is 9.21 Å². The third-order valence-electron chi connectivity index (χ3n) is 5.83. The van der Waals surface area contributed by atoms with E-state index in [1.165, 1.54) is 30.6 Å². The number of nitrogens with zero attached hydrogens (tertiary/aromatic N) is 1. The van der Waals surface area contributed by atoms with Gasteiger partial charge in [-0.1, -0.05) is 30.5 Å². The molecule has 1 saturated heterocycles. The minimum absolute atomic E-state index is 0.163. The Morgan fingerprint density at radius 1 is 1.24 bits per heavy atom. The van der Waals surface area contributed by atoms with Crippen LogP contribution >= 0.6 is 22.9 Å². The van der Waals surface area contributed by atoms with Gasteiger partial charge in [0, 0.05) is 27.4 Å². The molecule has 0 unspecified atom stereocenters. The number of benzene rings is 1. The zero-order valence-corrected chi connectivity index (χ0v) is 18.5. The van der Waals surface area contributed by atoms with Crippen molar-refractivity contribution in [3.63, 3.8) is 0 Å². The zero-order chi connectivity index (χ0) is 20.4. The highest BCUT2D eigenvalue weighted by molar-refractivity contribution is 7.10. The highest BCUT2D eigenvalue weighted by Crippen LogP contribution is 2.31. The molecule has 0 spiro atoms. The van der Waals surface area contributed by atoms with Gasteiger partial charge in [0.1, 0.15) is 5.58 Å². The molecule has 6 heteroatoms. The maximum absolute atomic E-state index is 13.0. The number of amides is 1. The number of nitrogens with one attached hydrogen (secondary N) is 1. The number of aryl methyl sites for hydroxylation is 2. The number of likely N-dealkylation sites (tertiary alicyclic amines) is 1. The van der Waals surface area contributed by atoms with Crippen molar-refractivity contribution >= 4 is 39.8 Å². The molecule has 3 heterocycles. The second-order valence-electron chi connectivity index (χ2n) is 7.85. The van der Waals surface area contributed by atoms with Crippen LogP contribution in [0.3, 0.4) is 0 Å². The molecule has 1 aliphatic rings. The summed E-state index contributed by atoms with van der Waals surface area (Å²) in [5.41, 5.74) is 2.48. The fourth-order valence-electron chi connectivity index (χ4n) is 4.12.